The van der Waals surface area contributed by atoms with Gasteiger partial charge >= 0.3 is 0 Å². The van der Waals surface area contributed by atoms with Crippen LogP contribution in [0, 0.1) is 0 Å². The average Bonchev–Trinajstić information content (AvgIpc) is 1.65. The van der Waals surface area contributed by atoms with Crippen LogP contribution in [0.25, 0.3) is 0 Å². The number of methoxy groups -OCH3 is 1. The fourth-order valence-corrected chi connectivity index (χ4v) is 0.144. The Balaban J connectivity index is 2.99. The van der Waals surface area contributed by atoms with Crippen LogP contribution < -0.4 is 5.14 Å². The highest BCUT2D eigenvalue weighted by atomic mass is 32.2. The summed E-state index contributed by atoms with van der Waals surface area (Å²) in [6, 6.07) is 0. The molecule has 0 saturated carbocycles. The zero-order valence-corrected chi connectivity index (χ0v) is 4.94. The standard InChI is InChI=1S/C2H5NOS2/c1-4-2(5)6-3/h3H2,1H3. The number of rotatable bonds is 0. The Bertz CT molecular complexity index is 49.5. The zero-order chi connectivity index (χ0) is 4.99. The number of ether oxygens (including phenoxy) is 1. The minimum Gasteiger partial charge on any atom is -0.481 e. The van der Waals surface area contributed by atoms with Gasteiger partial charge in [0.25, 0.3) is 0 Å². The summed E-state index contributed by atoms with van der Waals surface area (Å²) >= 11 is 5.41. The Hall–Kier alpha value is 0.200. The summed E-state index contributed by atoms with van der Waals surface area (Å²) in [4.78, 5) is 0. The van der Waals surface area contributed by atoms with Crippen LogP contribution in [0.2, 0.25) is 0 Å². The summed E-state index contributed by atoms with van der Waals surface area (Å²) in [6.45, 7) is 0. The summed E-state index contributed by atoms with van der Waals surface area (Å²) in [6.07, 6.45) is 0. The van der Waals surface area contributed by atoms with Gasteiger partial charge < -0.3 is 4.74 Å². The van der Waals surface area contributed by atoms with Crippen molar-refractivity contribution >= 4 is 28.5 Å². The van der Waals surface area contributed by atoms with Gasteiger partial charge in [0.2, 0.25) is 4.38 Å². The van der Waals surface area contributed by atoms with Crippen molar-refractivity contribution in [2.45, 2.75) is 0 Å². The van der Waals surface area contributed by atoms with Gasteiger partial charge in [0.05, 0.1) is 7.11 Å². The molecule has 0 radical (unpaired) electrons. The molecule has 0 aromatic carbocycles. The lowest BCUT2D eigenvalue weighted by Gasteiger charge is -1.90. The van der Waals surface area contributed by atoms with Crippen molar-refractivity contribution in [2.24, 2.45) is 5.14 Å². The largest absolute Gasteiger partial charge is 0.481 e. The molecule has 0 amide bonds. The second kappa shape index (κ2) is 3.39. The van der Waals surface area contributed by atoms with E-state index in [-0.39, 0.29) is 0 Å². The molecule has 0 aliphatic carbocycles. The molecule has 6 heavy (non-hydrogen) atoms. The van der Waals surface area contributed by atoms with E-state index in [1.807, 2.05) is 0 Å². The molecule has 0 fully saturated rings. The number of nitrogens with two attached hydrogens (primary N) is 1. The highest BCUT2D eigenvalue weighted by Gasteiger charge is 1.83. The molecule has 0 saturated heterocycles. The van der Waals surface area contributed by atoms with Gasteiger partial charge in [-0.2, -0.15) is 0 Å². The fourth-order valence-electron chi connectivity index (χ4n) is 0.0481. The van der Waals surface area contributed by atoms with Crippen molar-refractivity contribution in [3.8, 4) is 0 Å². The molecule has 0 aromatic heterocycles. The molecule has 0 spiro atoms. The molecule has 0 aromatic rings. The molecule has 0 aliphatic heterocycles. The first-order chi connectivity index (χ1) is 2.81. The van der Waals surface area contributed by atoms with Crippen LogP contribution in [-0.4, -0.2) is 11.5 Å². The SMILES string of the molecule is COC(=S)SN. The third kappa shape index (κ3) is 2.44. The van der Waals surface area contributed by atoms with Gasteiger partial charge in [0, 0.05) is 11.9 Å². The molecule has 0 unspecified atom stereocenters. The van der Waals surface area contributed by atoms with Crippen molar-refractivity contribution in [3.63, 3.8) is 0 Å². The van der Waals surface area contributed by atoms with Gasteiger partial charge in [-0.15, -0.1) is 0 Å². The number of hydrogen-bond donors (Lipinski definition) is 1. The van der Waals surface area contributed by atoms with Crippen LogP contribution in [0.15, 0.2) is 0 Å². The summed E-state index contributed by atoms with van der Waals surface area (Å²) in [5.74, 6) is 0. The van der Waals surface area contributed by atoms with Gasteiger partial charge in [0.1, 0.15) is 0 Å². The average molecular weight is 123 g/mol. The molecular formula is C2H5NOS2. The van der Waals surface area contributed by atoms with Crippen LogP contribution in [0.3, 0.4) is 0 Å². The minimum absolute atomic E-state index is 0.370. The van der Waals surface area contributed by atoms with Crippen LogP contribution in [0.1, 0.15) is 0 Å². The zero-order valence-electron chi connectivity index (χ0n) is 3.30. The van der Waals surface area contributed by atoms with Gasteiger partial charge in [0.15, 0.2) is 0 Å². The lowest BCUT2D eigenvalue weighted by atomic mass is 11.5. The first-order valence-electron chi connectivity index (χ1n) is 1.26. The summed E-state index contributed by atoms with van der Waals surface area (Å²) in [5.41, 5.74) is 0. The van der Waals surface area contributed by atoms with Crippen LogP contribution in [0.5, 0.6) is 0 Å². The quantitative estimate of drug-likeness (QED) is 0.376. The molecule has 4 heteroatoms. The Morgan fingerprint density at radius 2 is 2.50 bits per heavy atom. The van der Waals surface area contributed by atoms with E-state index in [4.69, 9.17) is 5.14 Å². The molecule has 2 nitrogen and oxygen atoms in total. The van der Waals surface area contributed by atoms with Gasteiger partial charge in [-0.05, 0) is 12.2 Å². The highest BCUT2D eigenvalue weighted by molar-refractivity contribution is 8.21. The molecule has 0 aliphatic rings. The topological polar surface area (TPSA) is 35.2 Å². The normalized spacial score (nSPS) is 7.67. The van der Waals surface area contributed by atoms with Crippen molar-refractivity contribution < 1.29 is 4.74 Å². The molecule has 2 N–H and O–H groups in total. The molecular weight excluding hydrogens is 118 g/mol. The number of hydrogen-bond acceptors (Lipinski definition) is 4. The summed E-state index contributed by atoms with van der Waals surface area (Å²) < 4.78 is 4.84. The maximum atomic E-state index is 4.93. The monoisotopic (exact) mass is 123 g/mol. The molecule has 0 bridgehead atoms. The van der Waals surface area contributed by atoms with E-state index in [0.717, 1.165) is 11.9 Å². The Morgan fingerprint density at radius 1 is 2.00 bits per heavy atom. The van der Waals surface area contributed by atoms with Crippen LogP contribution >= 0.6 is 24.2 Å². The smallest absolute Gasteiger partial charge is 0.234 e. The molecule has 0 heterocycles. The van der Waals surface area contributed by atoms with Crippen molar-refractivity contribution in [3.05, 3.63) is 0 Å². The van der Waals surface area contributed by atoms with Crippen LogP contribution in [0.4, 0.5) is 0 Å². The third-order valence-electron chi connectivity index (χ3n) is 0.263. The van der Waals surface area contributed by atoms with Crippen molar-refractivity contribution in [1.82, 2.24) is 0 Å². The fraction of sp³-hybridized carbons (Fsp3) is 0.500. The van der Waals surface area contributed by atoms with E-state index >= 15 is 0 Å². The lowest BCUT2D eigenvalue weighted by molar-refractivity contribution is 0.426. The predicted octanol–water partition coefficient (Wildman–Crippen LogP) is 0.525. The maximum absolute atomic E-state index is 4.93. The third-order valence-corrected chi connectivity index (χ3v) is 1.08. The van der Waals surface area contributed by atoms with E-state index in [1.54, 1.807) is 0 Å². The minimum atomic E-state index is 0.370. The van der Waals surface area contributed by atoms with E-state index < -0.39 is 0 Å². The van der Waals surface area contributed by atoms with Gasteiger partial charge in [-0.3, -0.25) is 5.14 Å². The predicted molar refractivity (Wildman–Crippen MR) is 31.4 cm³/mol. The molecule has 36 valence electrons. The van der Waals surface area contributed by atoms with E-state index in [1.165, 1.54) is 7.11 Å². The second-order valence-corrected chi connectivity index (χ2v) is 1.81. The Morgan fingerprint density at radius 3 is 2.50 bits per heavy atom. The van der Waals surface area contributed by atoms with Crippen molar-refractivity contribution in [2.75, 3.05) is 7.11 Å². The molecule has 0 atom stereocenters. The van der Waals surface area contributed by atoms with Crippen molar-refractivity contribution in [1.29, 1.82) is 0 Å². The Labute approximate surface area is 46.2 Å². The van der Waals surface area contributed by atoms with Crippen LogP contribution in [-0.2, 0) is 4.74 Å². The van der Waals surface area contributed by atoms with Gasteiger partial charge in [-0.25, -0.2) is 0 Å². The molecule has 0 rings (SSSR count). The lowest BCUT2D eigenvalue weighted by Crippen LogP contribution is -1.93. The maximum Gasteiger partial charge on any atom is 0.234 e. The summed E-state index contributed by atoms with van der Waals surface area (Å²) in [5, 5.41) is 4.93. The van der Waals surface area contributed by atoms with Gasteiger partial charge in [-0.1, -0.05) is 0 Å². The second-order valence-electron chi connectivity index (χ2n) is 0.572. The highest BCUT2D eigenvalue weighted by Crippen LogP contribution is 1.90. The Kier molecular flexibility index (Phi) is 3.51. The number of thiocarbonyl (C=S) groups is 1. The van der Waals surface area contributed by atoms with E-state index in [0.29, 0.717) is 4.38 Å². The summed E-state index contributed by atoms with van der Waals surface area (Å²) in [7, 11) is 1.49. The first-order valence-corrected chi connectivity index (χ1v) is 2.54. The van der Waals surface area contributed by atoms with E-state index in [9.17, 15) is 0 Å². The first kappa shape index (κ1) is 6.20. The van der Waals surface area contributed by atoms with E-state index in [2.05, 4.69) is 17.0 Å².